The number of hydrogen-bond donors (Lipinski definition) is 2. The summed E-state index contributed by atoms with van der Waals surface area (Å²) in [6, 6.07) is 23.1. The molecule has 0 saturated heterocycles. The molecule has 29 heavy (non-hydrogen) atoms. The third kappa shape index (κ3) is 5.80. The molecule has 146 valence electrons. The topological polar surface area (TPSA) is 67.4 Å². The molecule has 3 rings (SSSR count). The van der Waals surface area contributed by atoms with Gasteiger partial charge in [-0.15, -0.1) is 0 Å². The standard InChI is InChI=1S/C23H19BrN2O3/c1-29-20-13-7-16(8-14-20)15-21(26-22(27)17-5-3-2-4-6-17)23(28)25-19-11-9-18(24)10-12-19/h2-15H,1H3,(H,25,28)(H,26,27). The lowest BCUT2D eigenvalue weighted by molar-refractivity contribution is -0.113. The number of ether oxygens (including phenoxy) is 1. The summed E-state index contributed by atoms with van der Waals surface area (Å²) < 4.78 is 6.06. The average Bonchev–Trinajstić information content (AvgIpc) is 2.76. The molecule has 0 radical (unpaired) electrons. The van der Waals surface area contributed by atoms with Crippen LogP contribution in [0.4, 0.5) is 5.69 Å². The van der Waals surface area contributed by atoms with Gasteiger partial charge in [-0.1, -0.05) is 46.3 Å². The summed E-state index contributed by atoms with van der Waals surface area (Å²) in [7, 11) is 1.59. The van der Waals surface area contributed by atoms with E-state index in [1.54, 1.807) is 73.8 Å². The highest BCUT2D eigenvalue weighted by Gasteiger charge is 2.15. The summed E-state index contributed by atoms with van der Waals surface area (Å²) >= 11 is 3.36. The van der Waals surface area contributed by atoms with Crippen molar-refractivity contribution in [3.63, 3.8) is 0 Å². The Morgan fingerprint density at radius 2 is 1.55 bits per heavy atom. The Hall–Kier alpha value is -3.38. The molecule has 3 aromatic rings. The van der Waals surface area contributed by atoms with Crippen LogP contribution in [0.15, 0.2) is 89.0 Å². The number of rotatable bonds is 6. The van der Waals surface area contributed by atoms with E-state index >= 15 is 0 Å². The zero-order valence-electron chi connectivity index (χ0n) is 15.7. The van der Waals surface area contributed by atoms with Crippen LogP contribution in [0.1, 0.15) is 15.9 Å². The molecule has 0 aliphatic heterocycles. The highest BCUT2D eigenvalue weighted by atomic mass is 79.9. The lowest BCUT2D eigenvalue weighted by Crippen LogP contribution is -2.30. The molecule has 0 saturated carbocycles. The highest BCUT2D eigenvalue weighted by Crippen LogP contribution is 2.17. The van der Waals surface area contributed by atoms with Crippen molar-refractivity contribution < 1.29 is 14.3 Å². The minimum atomic E-state index is -0.424. The van der Waals surface area contributed by atoms with Crippen molar-refractivity contribution in [3.05, 3.63) is 100 Å². The fourth-order valence-electron chi connectivity index (χ4n) is 2.54. The van der Waals surface area contributed by atoms with E-state index in [0.29, 0.717) is 17.0 Å². The first-order chi connectivity index (χ1) is 14.0. The van der Waals surface area contributed by atoms with E-state index in [1.165, 1.54) is 0 Å². The molecule has 0 aromatic heterocycles. The van der Waals surface area contributed by atoms with Gasteiger partial charge in [-0.25, -0.2) is 0 Å². The van der Waals surface area contributed by atoms with Gasteiger partial charge >= 0.3 is 0 Å². The monoisotopic (exact) mass is 450 g/mol. The van der Waals surface area contributed by atoms with Crippen molar-refractivity contribution in [2.45, 2.75) is 0 Å². The van der Waals surface area contributed by atoms with E-state index in [1.807, 2.05) is 18.2 Å². The number of anilines is 1. The molecular weight excluding hydrogens is 432 g/mol. The summed E-state index contributed by atoms with van der Waals surface area (Å²) in [5, 5.41) is 5.51. The molecule has 0 bridgehead atoms. The number of methoxy groups -OCH3 is 1. The zero-order chi connectivity index (χ0) is 20.6. The molecule has 0 spiro atoms. The van der Waals surface area contributed by atoms with Gasteiger partial charge in [0.05, 0.1) is 7.11 Å². The van der Waals surface area contributed by atoms with Gasteiger partial charge in [0.15, 0.2) is 0 Å². The summed E-state index contributed by atoms with van der Waals surface area (Å²) in [5.41, 5.74) is 1.96. The number of amides is 2. The summed E-state index contributed by atoms with van der Waals surface area (Å²) in [4.78, 5) is 25.5. The summed E-state index contributed by atoms with van der Waals surface area (Å²) in [6.45, 7) is 0. The molecule has 0 fully saturated rings. The van der Waals surface area contributed by atoms with E-state index in [9.17, 15) is 9.59 Å². The second-order valence-corrected chi connectivity index (χ2v) is 7.03. The predicted octanol–water partition coefficient (Wildman–Crippen LogP) is 4.87. The summed E-state index contributed by atoms with van der Waals surface area (Å²) in [6.07, 6.45) is 1.62. The van der Waals surface area contributed by atoms with Crippen LogP contribution in [0.2, 0.25) is 0 Å². The first kappa shape index (κ1) is 20.4. The van der Waals surface area contributed by atoms with Crippen LogP contribution >= 0.6 is 15.9 Å². The van der Waals surface area contributed by atoms with Crippen molar-refractivity contribution in [2.75, 3.05) is 12.4 Å². The lowest BCUT2D eigenvalue weighted by atomic mass is 10.1. The molecule has 0 heterocycles. The molecule has 0 atom stereocenters. The van der Waals surface area contributed by atoms with Gasteiger partial charge in [0.2, 0.25) is 0 Å². The molecule has 3 aromatic carbocycles. The fourth-order valence-corrected chi connectivity index (χ4v) is 2.81. The molecule has 2 N–H and O–H groups in total. The Labute approximate surface area is 177 Å². The highest BCUT2D eigenvalue weighted by molar-refractivity contribution is 9.10. The third-order valence-electron chi connectivity index (χ3n) is 4.06. The molecule has 0 aliphatic carbocycles. The maximum atomic E-state index is 12.9. The van der Waals surface area contributed by atoms with Gasteiger partial charge in [0, 0.05) is 15.7 Å². The largest absolute Gasteiger partial charge is 0.497 e. The number of carbonyl (C=O) groups excluding carboxylic acids is 2. The maximum absolute atomic E-state index is 12.9. The van der Waals surface area contributed by atoms with E-state index in [0.717, 1.165) is 10.0 Å². The van der Waals surface area contributed by atoms with Crippen LogP contribution in [0.3, 0.4) is 0 Å². The number of hydrogen-bond acceptors (Lipinski definition) is 3. The fraction of sp³-hybridized carbons (Fsp3) is 0.0435. The minimum Gasteiger partial charge on any atom is -0.497 e. The quantitative estimate of drug-likeness (QED) is 0.526. The van der Waals surface area contributed by atoms with Crippen LogP contribution in [0.5, 0.6) is 5.75 Å². The smallest absolute Gasteiger partial charge is 0.272 e. The second-order valence-electron chi connectivity index (χ2n) is 6.11. The number of carbonyl (C=O) groups is 2. The van der Waals surface area contributed by atoms with Crippen molar-refractivity contribution in [3.8, 4) is 5.75 Å². The van der Waals surface area contributed by atoms with Crippen LogP contribution in [0, 0.1) is 0 Å². The van der Waals surface area contributed by atoms with Gasteiger partial charge in [-0.3, -0.25) is 9.59 Å². The van der Waals surface area contributed by atoms with Crippen LogP contribution in [0.25, 0.3) is 6.08 Å². The van der Waals surface area contributed by atoms with Crippen LogP contribution in [-0.4, -0.2) is 18.9 Å². The molecule has 2 amide bonds. The van der Waals surface area contributed by atoms with E-state index in [-0.39, 0.29) is 11.6 Å². The average molecular weight is 451 g/mol. The zero-order valence-corrected chi connectivity index (χ0v) is 17.3. The first-order valence-corrected chi connectivity index (χ1v) is 9.63. The normalized spacial score (nSPS) is 10.9. The van der Waals surface area contributed by atoms with Gasteiger partial charge in [0.1, 0.15) is 11.4 Å². The van der Waals surface area contributed by atoms with Gasteiger partial charge < -0.3 is 15.4 Å². The van der Waals surface area contributed by atoms with Crippen molar-refractivity contribution >= 4 is 39.5 Å². The van der Waals surface area contributed by atoms with E-state index < -0.39 is 5.91 Å². The van der Waals surface area contributed by atoms with E-state index in [2.05, 4.69) is 26.6 Å². The third-order valence-corrected chi connectivity index (χ3v) is 4.59. The predicted molar refractivity (Wildman–Crippen MR) is 118 cm³/mol. The lowest BCUT2D eigenvalue weighted by Gasteiger charge is -2.12. The number of halogens is 1. The molecule has 6 heteroatoms. The van der Waals surface area contributed by atoms with Gasteiger partial charge in [0.25, 0.3) is 11.8 Å². The number of nitrogens with one attached hydrogen (secondary N) is 2. The Bertz CT molecular complexity index is 1010. The van der Waals surface area contributed by atoms with Crippen molar-refractivity contribution in [1.82, 2.24) is 5.32 Å². The first-order valence-electron chi connectivity index (χ1n) is 8.84. The van der Waals surface area contributed by atoms with E-state index in [4.69, 9.17) is 4.74 Å². The molecule has 0 unspecified atom stereocenters. The van der Waals surface area contributed by atoms with Crippen LogP contribution in [-0.2, 0) is 4.79 Å². The molecular formula is C23H19BrN2O3. The Balaban J connectivity index is 1.86. The van der Waals surface area contributed by atoms with Crippen LogP contribution < -0.4 is 15.4 Å². The Kier molecular flexibility index (Phi) is 6.81. The maximum Gasteiger partial charge on any atom is 0.272 e. The minimum absolute atomic E-state index is 0.131. The van der Waals surface area contributed by atoms with Crippen molar-refractivity contribution in [1.29, 1.82) is 0 Å². The summed E-state index contributed by atoms with van der Waals surface area (Å²) in [5.74, 6) is -0.0833. The second kappa shape index (κ2) is 9.71. The molecule has 5 nitrogen and oxygen atoms in total. The number of benzene rings is 3. The van der Waals surface area contributed by atoms with Gasteiger partial charge in [-0.05, 0) is 60.2 Å². The van der Waals surface area contributed by atoms with Crippen molar-refractivity contribution in [2.24, 2.45) is 0 Å². The SMILES string of the molecule is COc1ccc(C=C(NC(=O)c2ccccc2)C(=O)Nc2ccc(Br)cc2)cc1. The Morgan fingerprint density at radius 1 is 0.897 bits per heavy atom. The molecule has 0 aliphatic rings. The Morgan fingerprint density at radius 3 is 2.17 bits per heavy atom. The van der Waals surface area contributed by atoms with Gasteiger partial charge in [-0.2, -0.15) is 0 Å².